The monoisotopic (exact) mass is 993 g/mol. The van der Waals surface area contributed by atoms with Crippen molar-refractivity contribution in [2.24, 2.45) is 17.3 Å². The van der Waals surface area contributed by atoms with Gasteiger partial charge >= 0.3 is 12.1 Å². The number of aliphatic carboxylic acids is 1. The molecule has 2 aromatic carbocycles. The molecule has 6 amide bonds. The molecule has 19 heteroatoms. The van der Waals surface area contributed by atoms with Crippen LogP contribution >= 0.6 is 0 Å². The number of rotatable bonds is 8. The number of nitrogens with zero attached hydrogens (tertiary/aromatic N) is 6. The fourth-order valence-corrected chi connectivity index (χ4v) is 11.4. The highest BCUT2D eigenvalue weighted by Crippen LogP contribution is 2.52. The maximum absolute atomic E-state index is 13.6. The summed E-state index contributed by atoms with van der Waals surface area (Å²) in [6.45, 7) is 5.82. The molecule has 380 valence electrons. The number of piperidine rings is 3. The van der Waals surface area contributed by atoms with Crippen molar-refractivity contribution in [1.29, 1.82) is 0 Å². The Bertz CT molecular complexity index is 2770. The number of amides is 6. The maximum atomic E-state index is 13.6. The van der Waals surface area contributed by atoms with Gasteiger partial charge in [-0.3, -0.25) is 48.6 Å². The van der Waals surface area contributed by atoms with Gasteiger partial charge in [0.1, 0.15) is 11.8 Å². The molecule has 6 heterocycles. The lowest BCUT2D eigenvalue weighted by Gasteiger charge is -2.51. The molecule has 5 aliphatic heterocycles. The standard InChI is InChI=1S/C51H57N7O7.C2HF3O2/c1-31-5-11-40-42(57(31)48(62)34-9-10-34)14-13-38(46(40)65-37-3-2-4-37)35-28-52-56(29-35)36-17-21-55(22-18-36)45(60)30-54-23-19-51(20-24-54)26-33(27-51)7-6-32-8-12-39-41(25-32)50(64)58(49(39)63)43-15-16-44(59)53-47(43)61;3-2(4,5)1(6)7/h8,12-14,25,28-29,31,33-34,36-37,43H,2-5,9-11,15-24,26-27,30H2,1H3,(H,53,59,61);(H,6,7)/t31-,43?;/m0./s1. The van der Waals surface area contributed by atoms with Crippen molar-refractivity contribution in [3.05, 3.63) is 65.0 Å². The van der Waals surface area contributed by atoms with Crippen LogP contribution in [0, 0.1) is 29.1 Å². The second-order valence-corrected chi connectivity index (χ2v) is 21.0. The van der Waals surface area contributed by atoms with E-state index in [0.29, 0.717) is 25.2 Å². The van der Waals surface area contributed by atoms with Crippen molar-refractivity contribution in [1.82, 2.24) is 29.8 Å². The van der Waals surface area contributed by atoms with Crippen LogP contribution in [-0.4, -0.2) is 128 Å². The molecule has 3 saturated carbocycles. The van der Waals surface area contributed by atoms with E-state index < -0.39 is 41.8 Å². The number of carbonyl (C=O) groups excluding carboxylic acids is 6. The summed E-state index contributed by atoms with van der Waals surface area (Å²) in [5.41, 5.74) is 5.65. The molecule has 16 nitrogen and oxygen atoms in total. The van der Waals surface area contributed by atoms with E-state index in [0.717, 1.165) is 123 Å². The van der Waals surface area contributed by atoms with Crippen LogP contribution < -0.4 is 15.0 Å². The molecule has 1 spiro atoms. The van der Waals surface area contributed by atoms with E-state index in [9.17, 15) is 41.9 Å². The minimum Gasteiger partial charge on any atom is -0.489 e. The molecule has 11 rings (SSSR count). The van der Waals surface area contributed by atoms with Gasteiger partial charge in [0, 0.05) is 65.8 Å². The Morgan fingerprint density at radius 2 is 1.57 bits per heavy atom. The van der Waals surface area contributed by atoms with Gasteiger partial charge in [-0.2, -0.15) is 18.3 Å². The number of carboxylic acid groups (broad SMARTS) is 1. The molecule has 3 saturated heterocycles. The predicted molar refractivity (Wildman–Crippen MR) is 253 cm³/mol. The zero-order valence-corrected chi connectivity index (χ0v) is 40.2. The molecule has 3 aromatic rings. The van der Waals surface area contributed by atoms with Gasteiger partial charge in [0.2, 0.25) is 23.6 Å². The van der Waals surface area contributed by atoms with Crippen LogP contribution in [0.3, 0.4) is 0 Å². The Morgan fingerprint density at radius 1 is 0.875 bits per heavy atom. The van der Waals surface area contributed by atoms with Gasteiger partial charge in [-0.05, 0) is 146 Å². The van der Waals surface area contributed by atoms with Crippen LogP contribution in [0.1, 0.15) is 135 Å². The highest BCUT2D eigenvalue weighted by Gasteiger charge is 2.47. The number of carbonyl (C=O) groups is 7. The Labute approximate surface area is 414 Å². The van der Waals surface area contributed by atoms with Crippen LogP contribution in [-0.2, 0) is 30.4 Å². The molecule has 2 atom stereocenters. The van der Waals surface area contributed by atoms with Crippen molar-refractivity contribution in [3.8, 4) is 28.7 Å². The molecule has 1 aromatic heterocycles. The summed E-state index contributed by atoms with van der Waals surface area (Å²) in [5, 5.41) is 14.2. The van der Waals surface area contributed by atoms with E-state index in [2.05, 4.69) is 56.9 Å². The van der Waals surface area contributed by atoms with Gasteiger partial charge in [-0.15, -0.1) is 0 Å². The molecule has 6 fully saturated rings. The van der Waals surface area contributed by atoms with Crippen LogP contribution in [0.15, 0.2) is 42.7 Å². The summed E-state index contributed by atoms with van der Waals surface area (Å²) in [5.74, 6) is 3.60. The molecule has 72 heavy (non-hydrogen) atoms. The quantitative estimate of drug-likeness (QED) is 0.190. The fourth-order valence-electron chi connectivity index (χ4n) is 11.4. The molecule has 0 bridgehead atoms. The Morgan fingerprint density at radius 3 is 2.22 bits per heavy atom. The average Bonchev–Trinajstić information content (AvgIpc) is 4.02. The number of ether oxygens (including phenoxy) is 1. The highest BCUT2D eigenvalue weighted by molar-refractivity contribution is 6.23. The number of aromatic nitrogens is 2. The van der Waals surface area contributed by atoms with Gasteiger partial charge in [0.25, 0.3) is 11.8 Å². The highest BCUT2D eigenvalue weighted by atomic mass is 19.4. The number of hydrogen-bond donors (Lipinski definition) is 2. The summed E-state index contributed by atoms with van der Waals surface area (Å²) in [6, 6.07) is 8.66. The van der Waals surface area contributed by atoms with Crippen molar-refractivity contribution in [3.63, 3.8) is 0 Å². The number of benzene rings is 2. The summed E-state index contributed by atoms with van der Waals surface area (Å²) < 4.78 is 40.6. The average molecular weight is 994 g/mol. The number of hydrogen-bond acceptors (Lipinski definition) is 10. The molecule has 1 unspecified atom stereocenters. The first-order chi connectivity index (χ1) is 34.4. The van der Waals surface area contributed by atoms with E-state index in [-0.39, 0.29) is 71.2 Å². The zero-order valence-electron chi connectivity index (χ0n) is 40.2. The van der Waals surface area contributed by atoms with E-state index in [1.54, 1.807) is 18.2 Å². The third kappa shape index (κ3) is 9.86. The van der Waals surface area contributed by atoms with Gasteiger partial charge in [0.15, 0.2) is 0 Å². The second-order valence-electron chi connectivity index (χ2n) is 21.0. The first-order valence-corrected chi connectivity index (χ1v) is 25.3. The van der Waals surface area contributed by atoms with Gasteiger partial charge in [-0.1, -0.05) is 11.8 Å². The number of anilines is 1. The third-order valence-corrected chi connectivity index (χ3v) is 16.1. The Kier molecular flexibility index (Phi) is 13.3. The van der Waals surface area contributed by atoms with Gasteiger partial charge in [0.05, 0.1) is 41.7 Å². The summed E-state index contributed by atoms with van der Waals surface area (Å²) >= 11 is 0. The molecule has 8 aliphatic rings. The smallest absolute Gasteiger partial charge is 0.489 e. The molecule has 0 radical (unpaired) electrons. The first-order valence-electron chi connectivity index (χ1n) is 25.3. The Hall–Kier alpha value is -6.55. The SMILES string of the molecule is C[C@H]1CCc2c(ccc(-c3cnn(C4CCN(C(=O)CN5CCC6(CC5)CC(C#Cc5ccc7c(c5)C(=O)N(C5CCC(=O)NC5=O)C7=O)C6)CC4)c3)c2OC2CCC2)N1C(=O)C1CC1.O=C(O)C(F)(F)F. The normalized spacial score (nSPS) is 23.5. The lowest BCUT2D eigenvalue weighted by Crippen LogP contribution is -2.54. The topological polar surface area (TPSA) is 192 Å². The van der Waals surface area contributed by atoms with Crippen LogP contribution in [0.25, 0.3) is 11.1 Å². The van der Waals surface area contributed by atoms with E-state index in [4.69, 9.17) is 19.7 Å². The van der Waals surface area contributed by atoms with Crippen LogP contribution in [0.5, 0.6) is 5.75 Å². The number of fused-ring (bicyclic) bond motifs is 2. The number of likely N-dealkylation sites (tertiary alicyclic amines) is 2. The van der Waals surface area contributed by atoms with Crippen molar-refractivity contribution in [2.45, 2.75) is 134 Å². The number of carboxylic acids is 1. The van der Waals surface area contributed by atoms with Crippen molar-refractivity contribution >= 4 is 47.1 Å². The maximum Gasteiger partial charge on any atom is 0.490 e. The molecule has 3 aliphatic carbocycles. The minimum atomic E-state index is -5.08. The van der Waals surface area contributed by atoms with Gasteiger partial charge < -0.3 is 19.6 Å². The summed E-state index contributed by atoms with van der Waals surface area (Å²) in [4.78, 5) is 93.6. The summed E-state index contributed by atoms with van der Waals surface area (Å²) in [7, 11) is 0. The zero-order chi connectivity index (χ0) is 50.6. The fraction of sp³-hybridized carbons (Fsp3) is 0.547. The number of imide groups is 2. The van der Waals surface area contributed by atoms with Crippen LogP contribution in [0.4, 0.5) is 18.9 Å². The van der Waals surface area contributed by atoms with Crippen molar-refractivity contribution in [2.75, 3.05) is 37.6 Å². The third-order valence-electron chi connectivity index (χ3n) is 16.1. The largest absolute Gasteiger partial charge is 0.490 e. The molecular weight excluding hydrogens is 936 g/mol. The Balaban J connectivity index is 0.000000796. The number of halogens is 3. The predicted octanol–water partition coefficient (Wildman–Crippen LogP) is 6.30. The minimum absolute atomic E-state index is 0.0795. The second kappa shape index (κ2) is 19.5. The summed E-state index contributed by atoms with van der Waals surface area (Å²) in [6.07, 6.45) is 12.3. The molecular formula is C53H58F3N7O9. The lowest BCUT2D eigenvalue weighted by molar-refractivity contribution is -0.192. The first kappa shape index (κ1) is 49.0. The number of alkyl halides is 3. The molecule has 2 N–H and O–H groups in total. The van der Waals surface area contributed by atoms with E-state index in [1.807, 2.05) is 11.1 Å². The van der Waals surface area contributed by atoms with E-state index in [1.165, 1.54) is 6.42 Å². The van der Waals surface area contributed by atoms with E-state index >= 15 is 0 Å². The van der Waals surface area contributed by atoms with Crippen LogP contribution in [0.2, 0.25) is 0 Å². The lowest BCUT2D eigenvalue weighted by atomic mass is 9.58. The number of nitrogens with one attached hydrogen (secondary N) is 1. The van der Waals surface area contributed by atoms with Crippen molar-refractivity contribution < 1.29 is 56.6 Å². The van der Waals surface area contributed by atoms with Gasteiger partial charge in [-0.25, -0.2) is 4.79 Å².